The largest absolute Gasteiger partial charge is 0.385 e. The molecule has 114 valence electrons. The fourth-order valence-corrected chi connectivity index (χ4v) is 2.48. The van der Waals surface area contributed by atoms with Gasteiger partial charge in [-0.15, -0.1) is 0 Å². The van der Waals surface area contributed by atoms with Crippen LogP contribution in [-0.2, 0) is 14.6 Å². The molecule has 2 aromatic rings. The zero-order valence-electron chi connectivity index (χ0n) is 11.8. The van der Waals surface area contributed by atoms with E-state index < -0.39 is 27.6 Å². The van der Waals surface area contributed by atoms with E-state index in [1.807, 2.05) is 0 Å². The van der Waals surface area contributed by atoms with Crippen LogP contribution in [-0.4, -0.2) is 40.9 Å². The van der Waals surface area contributed by atoms with Crippen LogP contribution in [0.15, 0.2) is 18.2 Å². The van der Waals surface area contributed by atoms with Crippen LogP contribution in [0.25, 0.3) is 11.0 Å². The molecular weight excluding hydrogens is 294 g/mol. The first-order valence-electron chi connectivity index (χ1n) is 6.48. The molecule has 0 saturated carbocycles. The van der Waals surface area contributed by atoms with Crippen molar-refractivity contribution in [3.05, 3.63) is 24.0 Å². The van der Waals surface area contributed by atoms with Gasteiger partial charge in [-0.05, 0) is 25.1 Å². The number of aromatic nitrogens is 2. The quantitative estimate of drug-likeness (QED) is 0.762. The van der Waals surface area contributed by atoms with E-state index in [1.165, 1.54) is 6.92 Å². The first kappa shape index (κ1) is 15.5. The van der Waals surface area contributed by atoms with Crippen molar-refractivity contribution in [1.82, 2.24) is 9.97 Å². The number of amides is 1. The molecule has 3 N–H and O–H groups in total. The summed E-state index contributed by atoms with van der Waals surface area (Å²) < 4.78 is 22.8. The van der Waals surface area contributed by atoms with Crippen molar-refractivity contribution in [2.45, 2.75) is 20.0 Å². The summed E-state index contributed by atoms with van der Waals surface area (Å²) in [5.74, 6) is -0.755. The van der Waals surface area contributed by atoms with E-state index in [9.17, 15) is 18.3 Å². The van der Waals surface area contributed by atoms with Crippen LogP contribution >= 0.6 is 0 Å². The third-order valence-corrected chi connectivity index (χ3v) is 4.55. The maximum absolute atomic E-state index is 11.7. The molecule has 1 unspecified atom stereocenters. The average molecular weight is 311 g/mol. The van der Waals surface area contributed by atoms with Gasteiger partial charge in [0.25, 0.3) is 0 Å². The molecule has 0 saturated heterocycles. The van der Waals surface area contributed by atoms with E-state index in [4.69, 9.17) is 0 Å². The lowest BCUT2D eigenvalue weighted by Gasteiger charge is -2.05. The van der Waals surface area contributed by atoms with Crippen molar-refractivity contribution < 1.29 is 18.3 Å². The van der Waals surface area contributed by atoms with E-state index in [0.29, 0.717) is 22.5 Å². The Labute approximate surface area is 122 Å². The predicted octanol–water partition coefficient (Wildman–Crippen LogP) is 0.989. The average Bonchev–Trinajstić information content (AvgIpc) is 2.81. The third-order valence-electron chi connectivity index (χ3n) is 2.97. The number of aromatic amines is 1. The number of carbonyl (C=O) groups is 1. The SMILES string of the molecule is CCS(=O)(=O)CC(=O)Nc1ccc2nc(C(C)O)[nH]c2c1. The van der Waals surface area contributed by atoms with Gasteiger partial charge in [0.2, 0.25) is 5.91 Å². The Morgan fingerprint density at radius 2 is 2.19 bits per heavy atom. The van der Waals surface area contributed by atoms with Crippen LogP contribution < -0.4 is 5.32 Å². The number of hydrogen-bond donors (Lipinski definition) is 3. The number of anilines is 1. The number of nitrogens with one attached hydrogen (secondary N) is 2. The van der Waals surface area contributed by atoms with Crippen molar-refractivity contribution in [3.8, 4) is 0 Å². The lowest BCUT2D eigenvalue weighted by molar-refractivity contribution is -0.113. The normalized spacial score (nSPS) is 13.3. The Bertz CT molecular complexity index is 765. The third kappa shape index (κ3) is 3.79. The number of imidazole rings is 1. The highest BCUT2D eigenvalue weighted by Crippen LogP contribution is 2.19. The monoisotopic (exact) mass is 311 g/mol. The van der Waals surface area contributed by atoms with Crippen molar-refractivity contribution >= 4 is 32.5 Å². The zero-order chi connectivity index (χ0) is 15.6. The first-order chi connectivity index (χ1) is 9.80. The zero-order valence-corrected chi connectivity index (χ0v) is 12.6. The number of aliphatic hydroxyl groups excluding tert-OH is 1. The molecule has 1 heterocycles. The van der Waals surface area contributed by atoms with Gasteiger partial charge in [0, 0.05) is 11.4 Å². The van der Waals surface area contributed by atoms with Crippen LogP contribution in [0.3, 0.4) is 0 Å². The molecular formula is C13H17N3O4S. The summed E-state index contributed by atoms with van der Waals surface area (Å²) in [5.41, 5.74) is 1.78. The second kappa shape index (κ2) is 5.82. The molecule has 0 fully saturated rings. The molecule has 0 aliphatic rings. The van der Waals surface area contributed by atoms with Crippen LogP contribution in [0.5, 0.6) is 0 Å². The van der Waals surface area contributed by atoms with E-state index in [0.717, 1.165) is 0 Å². The second-order valence-corrected chi connectivity index (χ2v) is 7.11. The highest BCUT2D eigenvalue weighted by atomic mass is 32.2. The van der Waals surface area contributed by atoms with E-state index >= 15 is 0 Å². The number of fused-ring (bicyclic) bond motifs is 1. The number of benzene rings is 1. The lowest BCUT2D eigenvalue weighted by Crippen LogP contribution is -2.23. The van der Waals surface area contributed by atoms with Crippen LogP contribution in [0.4, 0.5) is 5.69 Å². The topological polar surface area (TPSA) is 112 Å². The molecule has 7 nitrogen and oxygen atoms in total. The molecule has 0 aliphatic carbocycles. The molecule has 0 radical (unpaired) electrons. The van der Waals surface area contributed by atoms with Gasteiger partial charge in [-0.2, -0.15) is 0 Å². The summed E-state index contributed by atoms with van der Waals surface area (Å²) in [5, 5.41) is 12.0. The van der Waals surface area contributed by atoms with Gasteiger partial charge < -0.3 is 15.4 Å². The van der Waals surface area contributed by atoms with Gasteiger partial charge in [0.1, 0.15) is 17.7 Å². The maximum Gasteiger partial charge on any atom is 0.239 e. The number of sulfone groups is 1. The number of aliphatic hydroxyl groups is 1. The van der Waals surface area contributed by atoms with Crippen LogP contribution in [0.2, 0.25) is 0 Å². The highest BCUT2D eigenvalue weighted by Gasteiger charge is 2.15. The maximum atomic E-state index is 11.7. The fourth-order valence-electron chi connectivity index (χ4n) is 1.80. The Balaban J connectivity index is 2.17. The first-order valence-corrected chi connectivity index (χ1v) is 8.31. The summed E-state index contributed by atoms with van der Waals surface area (Å²) in [6.07, 6.45) is -0.717. The molecule has 0 bridgehead atoms. The molecule has 21 heavy (non-hydrogen) atoms. The summed E-state index contributed by atoms with van der Waals surface area (Å²) >= 11 is 0. The summed E-state index contributed by atoms with van der Waals surface area (Å²) in [6.45, 7) is 3.09. The van der Waals surface area contributed by atoms with Gasteiger partial charge in [-0.25, -0.2) is 13.4 Å². The van der Waals surface area contributed by atoms with Crippen molar-refractivity contribution in [2.24, 2.45) is 0 Å². The minimum Gasteiger partial charge on any atom is -0.385 e. The number of rotatable bonds is 5. The molecule has 1 aromatic heterocycles. The van der Waals surface area contributed by atoms with Gasteiger partial charge in [-0.3, -0.25) is 4.79 Å². The van der Waals surface area contributed by atoms with Crippen molar-refractivity contribution in [3.63, 3.8) is 0 Å². The molecule has 0 spiro atoms. The standard InChI is InChI=1S/C13H17N3O4S/c1-3-21(19,20)7-12(18)14-9-4-5-10-11(6-9)16-13(15-10)8(2)17/h4-6,8,17H,3,7H2,1-2H3,(H,14,18)(H,15,16). The summed E-state index contributed by atoms with van der Waals surface area (Å²) in [6, 6.07) is 4.96. The molecule has 0 aliphatic heterocycles. The Morgan fingerprint density at radius 1 is 1.48 bits per heavy atom. The van der Waals surface area contributed by atoms with Gasteiger partial charge >= 0.3 is 0 Å². The molecule has 1 aromatic carbocycles. The number of hydrogen-bond acceptors (Lipinski definition) is 5. The van der Waals surface area contributed by atoms with Gasteiger partial charge in [0.15, 0.2) is 9.84 Å². The summed E-state index contributed by atoms with van der Waals surface area (Å²) in [7, 11) is -3.35. The van der Waals surface area contributed by atoms with E-state index in [-0.39, 0.29) is 5.75 Å². The van der Waals surface area contributed by atoms with Crippen LogP contribution in [0.1, 0.15) is 25.8 Å². The summed E-state index contributed by atoms with van der Waals surface area (Å²) in [4.78, 5) is 18.8. The second-order valence-electron chi connectivity index (χ2n) is 4.75. The highest BCUT2D eigenvalue weighted by molar-refractivity contribution is 7.92. The van der Waals surface area contributed by atoms with Crippen molar-refractivity contribution in [1.29, 1.82) is 0 Å². The molecule has 8 heteroatoms. The smallest absolute Gasteiger partial charge is 0.239 e. The fraction of sp³-hybridized carbons (Fsp3) is 0.385. The van der Waals surface area contributed by atoms with E-state index in [1.54, 1.807) is 25.1 Å². The Morgan fingerprint density at radius 3 is 2.81 bits per heavy atom. The minimum atomic E-state index is -3.35. The number of H-pyrrole nitrogens is 1. The van der Waals surface area contributed by atoms with Gasteiger partial charge in [-0.1, -0.05) is 6.92 Å². The Hall–Kier alpha value is -1.93. The molecule has 1 atom stereocenters. The molecule has 2 rings (SSSR count). The lowest BCUT2D eigenvalue weighted by atomic mass is 10.3. The Kier molecular flexibility index (Phi) is 4.29. The van der Waals surface area contributed by atoms with Crippen molar-refractivity contribution in [2.75, 3.05) is 16.8 Å². The number of carbonyl (C=O) groups excluding carboxylic acids is 1. The van der Waals surface area contributed by atoms with Crippen LogP contribution in [0, 0.1) is 0 Å². The molecule has 1 amide bonds. The van der Waals surface area contributed by atoms with E-state index in [2.05, 4.69) is 15.3 Å². The minimum absolute atomic E-state index is 0.0717. The number of nitrogens with zero attached hydrogens (tertiary/aromatic N) is 1. The predicted molar refractivity (Wildman–Crippen MR) is 79.7 cm³/mol. The van der Waals surface area contributed by atoms with Gasteiger partial charge in [0.05, 0.1) is 11.0 Å².